The highest BCUT2D eigenvalue weighted by Crippen LogP contribution is 2.17. The van der Waals surface area contributed by atoms with Gasteiger partial charge in [0.1, 0.15) is 0 Å². The monoisotopic (exact) mass is 301 g/mol. The van der Waals surface area contributed by atoms with Crippen LogP contribution in [0.15, 0.2) is 0 Å². The maximum atomic E-state index is 12.3. The molecule has 0 N–H and O–H groups in total. The number of amides is 1. The molecule has 0 aromatic heterocycles. The molecule has 1 unspecified atom stereocenters. The molecule has 1 aliphatic rings. The van der Waals surface area contributed by atoms with Crippen molar-refractivity contribution < 1.29 is 23.8 Å². The average molecular weight is 301 g/mol. The molecule has 1 fully saturated rings. The fourth-order valence-electron chi connectivity index (χ4n) is 2.37. The van der Waals surface area contributed by atoms with E-state index in [4.69, 9.17) is 9.47 Å². The number of carbonyl (C=O) groups excluding carboxylic acids is 2. The summed E-state index contributed by atoms with van der Waals surface area (Å²) in [5, 5.41) is 0. The standard InChI is InChI=1S/C15H27NO5/c1-19-12-10-16(9-8-15(18)20-2)14(17)7-6-13-5-3-4-11-21-13/h13H,3-12H2,1-2H3. The number of nitrogens with zero attached hydrogens (tertiary/aromatic N) is 1. The van der Waals surface area contributed by atoms with E-state index in [1.54, 1.807) is 12.0 Å². The van der Waals surface area contributed by atoms with Crippen LogP contribution in [0.25, 0.3) is 0 Å². The Kier molecular flexibility index (Phi) is 9.01. The van der Waals surface area contributed by atoms with Crippen molar-refractivity contribution in [1.29, 1.82) is 0 Å². The molecule has 1 heterocycles. The maximum absolute atomic E-state index is 12.3. The minimum absolute atomic E-state index is 0.0464. The number of ether oxygens (including phenoxy) is 3. The highest BCUT2D eigenvalue weighted by molar-refractivity contribution is 5.77. The van der Waals surface area contributed by atoms with E-state index in [0.29, 0.717) is 26.1 Å². The molecule has 1 rings (SSSR count). The van der Waals surface area contributed by atoms with Crippen molar-refractivity contribution in [2.75, 3.05) is 40.5 Å². The number of methoxy groups -OCH3 is 2. The summed E-state index contributed by atoms with van der Waals surface area (Å²) >= 11 is 0. The molecular weight excluding hydrogens is 274 g/mol. The molecule has 0 saturated carbocycles. The first-order valence-corrected chi connectivity index (χ1v) is 7.62. The molecule has 0 aromatic rings. The summed E-state index contributed by atoms with van der Waals surface area (Å²) < 4.78 is 15.3. The number of esters is 1. The van der Waals surface area contributed by atoms with Crippen LogP contribution in [0, 0.1) is 0 Å². The third kappa shape index (κ3) is 7.43. The Hall–Kier alpha value is -1.14. The second-order valence-electron chi connectivity index (χ2n) is 5.23. The van der Waals surface area contributed by atoms with Crippen LogP contribution in [-0.2, 0) is 23.8 Å². The lowest BCUT2D eigenvalue weighted by molar-refractivity contribution is -0.142. The summed E-state index contributed by atoms with van der Waals surface area (Å²) in [5.41, 5.74) is 0. The predicted molar refractivity (Wildman–Crippen MR) is 77.9 cm³/mol. The Labute approximate surface area is 126 Å². The summed E-state index contributed by atoms with van der Waals surface area (Å²) in [6.45, 7) is 2.14. The highest BCUT2D eigenvalue weighted by Gasteiger charge is 2.19. The normalized spacial score (nSPS) is 18.3. The van der Waals surface area contributed by atoms with Gasteiger partial charge in [0, 0.05) is 33.2 Å². The predicted octanol–water partition coefficient (Wildman–Crippen LogP) is 1.37. The Morgan fingerprint density at radius 1 is 1.19 bits per heavy atom. The zero-order valence-corrected chi connectivity index (χ0v) is 13.1. The van der Waals surface area contributed by atoms with Crippen molar-refractivity contribution in [1.82, 2.24) is 4.90 Å². The molecule has 0 aromatic carbocycles. The van der Waals surface area contributed by atoms with Gasteiger partial charge in [-0.1, -0.05) is 0 Å². The molecule has 1 saturated heterocycles. The minimum Gasteiger partial charge on any atom is -0.469 e. The summed E-state index contributed by atoms with van der Waals surface area (Å²) in [6, 6.07) is 0. The highest BCUT2D eigenvalue weighted by atomic mass is 16.5. The van der Waals surface area contributed by atoms with Gasteiger partial charge < -0.3 is 19.1 Å². The van der Waals surface area contributed by atoms with Gasteiger partial charge in [0.05, 0.1) is 26.2 Å². The first-order chi connectivity index (χ1) is 10.2. The van der Waals surface area contributed by atoms with Crippen LogP contribution in [0.3, 0.4) is 0 Å². The van der Waals surface area contributed by atoms with Crippen LogP contribution >= 0.6 is 0 Å². The van der Waals surface area contributed by atoms with Gasteiger partial charge in [-0.05, 0) is 25.7 Å². The van der Waals surface area contributed by atoms with Gasteiger partial charge in [-0.25, -0.2) is 0 Å². The summed E-state index contributed by atoms with van der Waals surface area (Å²) in [6.07, 6.45) is 4.95. The molecule has 0 aliphatic carbocycles. The van der Waals surface area contributed by atoms with Gasteiger partial charge in [-0.3, -0.25) is 9.59 Å². The van der Waals surface area contributed by atoms with Crippen LogP contribution in [-0.4, -0.2) is 63.4 Å². The molecule has 1 aliphatic heterocycles. The number of rotatable bonds is 9. The van der Waals surface area contributed by atoms with Crippen molar-refractivity contribution in [2.24, 2.45) is 0 Å². The van der Waals surface area contributed by atoms with Gasteiger partial charge in [0.25, 0.3) is 0 Å². The molecule has 1 amide bonds. The Balaban J connectivity index is 2.35. The lowest BCUT2D eigenvalue weighted by Gasteiger charge is -2.25. The van der Waals surface area contributed by atoms with Gasteiger partial charge >= 0.3 is 5.97 Å². The van der Waals surface area contributed by atoms with E-state index in [9.17, 15) is 9.59 Å². The van der Waals surface area contributed by atoms with Gasteiger partial charge in [-0.15, -0.1) is 0 Å². The maximum Gasteiger partial charge on any atom is 0.307 e. The molecule has 21 heavy (non-hydrogen) atoms. The van der Waals surface area contributed by atoms with E-state index in [-0.39, 0.29) is 24.4 Å². The molecule has 0 spiro atoms. The lowest BCUT2D eigenvalue weighted by Crippen LogP contribution is -2.36. The fraction of sp³-hybridized carbons (Fsp3) is 0.867. The summed E-state index contributed by atoms with van der Waals surface area (Å²) in [4.78, 5) is 25.1. The fourth-order valence-corrected chi connectivity index (χ4v) is 2.37. The number of hydrogen-bond donors (Lipinski definition) is 0. The Morgan fingerprint density at radius 3 is 2.62 bits per heavy atom. The van der Waals surface area contributed by atoms with Gasteiger partial charge in [0.15, 0.2) is 0 Å². The Bertz CT molecular complexity index is 315. The van der Waals surface area contributed by atoms with E-state index in [2.05, 4.69) is 4.74 Å². The average Bonchev–Trinajstić information content (AvgIpc) is 2.53. The smallest absolute Gasteiger partial charge is 0.307 e. The second kappa shape index (κ2) is 10.6. The molecule has 6 heteroatoms. The van der Waals surface area contributed by atoms with Crippen LogP contribution in [0.4, 0.5) is 0 Å². The molecule has 122 valence electrons. The van der Waals surface area contributed by atoms with Gasteiger partial charge in [-0.2, -0.15) is 0 Å². The molecule has 6 nitrogen and oxygen atoms in total. The van der Waals surface area contributed by atoms with E-state index < -0.39 is 0 Å². The molecule has 1 atom stereocenters. The van der Waals surface area contributed by atoms with Crippen LogP contribution < -0.4 is 0 Å². The summed E-state index contributed by atoms with van der Waals surface area (Å²) in [7, 11) is 2.95. The largest absolute Gasteiger partial charge is 0.469 e. The van der Waals surface area contributed by atoms with E-state index in [1.807, 2.05) is 0 Å². The minimum atomic E-state index is -0.305. The quantitative estimate of drug-likeness (QED) is 0.602. The van der Waals surface area contributed by atoms with Crippen molar-refractivity contribution in [3.8, 4) is 0 Å². The SMILES string of the molecule is COCCN(CCC(=O)OC)C(=O)CCC1CCCCO1. The van der Waals surface area contributed by atoms with Gasteiger partial charge in [0.2, 0.25) is 5.91 Å². The van der Waals surface area contributed by atoms with Crippen molar-refractivity contribution in [3.63, 3.8) is 0 Å². The first-order valence-electron chi connectivity index (χ1n) is 7.62. The second-order valence-corrected chi connectivity index (χ2v) is 5.23. The topological polar surface area (TPSA) is 65.1 Å². The zero-order valence-electron chi connectivity index (χ0n) is 13.1. The Morgan fingerprint density at radius 2 is 2.00 bits per heavy atom. The zero-order chi connectivity index (χ0) is 15.5. The van der Waals surface area contributed by atoms with Crippen LogP contribution in [0.2, 0.25) is 0 Å². The lowest BCUT2D eigenvalue weighted by atomic mass is 10.0. The van der Waals surface area contributed by atoms with E-state index in [1.165, 1.54) is 13.5 Å². The molecular formula is C15H27NO5. The van der Waals surface area contributed by atoms with Crippen LogP contribution in [0.1, 0.15) is 38.5 Å². The van der Waals surface area contributed by atoms with Crippen molar-refractivity contribution in [2.45, 2.75) is 44.6 Å². The summed E-state index contributed by atoms with van der Waals surface area (Å²) in [5.74, 6) is -0.258. The number of carbonyl (C=O) groups is 2. The first kappa shape index (κ1) is 17.9. The van der Waals surface area contributed by atoms with E-state index in [0.717, 1.165) is 25.9 Å². The van der Waals surface area contributed by atoms with Crippen molar-refractivity contribution in [3.05, 3.63) is 0 Å². The number of hydrogen-bond acceptors (Lipinski definition) is 5. The third-order valence-electron chi connectivity index (χ3n) is 3.69. The van der Waals surface area contributed by atoms with Crippen LogP contribution in [0.5, 0.6) is 0 Å². The van der Waals surface area contributed by atoms with Crippen molar-refractivity contribution >= 4 is 11.9 Å². The molecule has 0 radical (unpaired) electrons. The third-order valence-corrected chi connectivity index (χ3v) is 3.69. The molecule has 0 bridgehead atoms. The van der Waals surface area contributed by atoms with E-state index >= 15 is 0 Å².